The first-order chi connectivity index (χ1) is 22.8. The number of aryl methyl sites for hydroxylation is 1. The lowest BCUT2D eigenvalue weighted by atomic mass is 9.97. The molecule has 0 unspecified atom stereocenters. The second-order valence-corrected chi connectivity index (χ2v) is 12.1. The van der Waals surface area contributed by atoms with E-state index in [4.69, 9.17) is 9.97 Å². The summed E-state index contributed by atoms with van der Waals surface area (Å²) in [5.74, 6) is 0.874. The van der Waals surface area contributed by atoms with Gasteiger partial charge in [0.15, 0.2) is 0 Å². The smallest absolute Gasteiger partial charge is 0.270 e. The Morgan fingerprint density at radius 3 is 2.64 bits per heavy atom. The number of carbonyl (C=O) groups is 2. The van der Waals surface area contributed by atoms with E-state index in [0.29, 0.717) is 25.3 Å². The largest absolute Gasteiger partial charge is 0.381 e. The standard InChI is InChI=1S/C38H37N7O2/c1-5-36-43-37(35-22-44(25(4)46)16-17-45(35)36)30-11-6-8-26-18-34(42-20-31(26)30)27-12-13-33(41-19-27)38(47)39-15-14-23(2)28-9-7-10-29-24(3)40-21-32(28)29/h6-14,18-20,40H,3,5,15-17,21-22H2,1-2,4H3,(H,39,47)/b23-14+. The predicted molar refractivity (Wildman–Crippen MR) is 185 cm³/mol. The summed E-state index contributed by atoms with van der Waals surface area (Å²) in [5, 5.41) is 8.29. The molecule has 0 spiro atoms. The number of hydrogen-bond donors (Lipinski definition) is 2. The third-order valence-corrected chi connectivity index (χ3v) is 9.23. The Morgan fingerprint density at radius 2 is 1.85 bits per heavy atom. The molecule has 5 heterocycles. The molecule has 0 bridgehead atoms. The van der Waals surface area contributed by atoms with Gasteiger partial charge in [0.25, 0.3) is 5.91 Å². The first kappa shape index (κ1) is 30.1. The maximum Gasteiger partial charge on any atom is 0.270 e. The Bertz CT molecular complexity index is 2090. The highest BCUT2D eigenvalue weighted by Gasteiger charge is 2.26. The van der Waals surface area contributed by atoms with Gasteiger partial charge < -0.3 is 20.1 Å². The Labute approximate surface area is 274 Å². The number of benzene rings is 2. The highest BCUT2D eigenvalue weighted by molar-refractivity contribution is 5.97. The van der Waals surface area contributed by atoms with Gasteiger partial charge in [-0.1, -0.05) is 56.0 Å². The van der Waals surface area contributed by atoms with Gasteiger partial charge in [0, 0.05) is 79.7 Å². The number of pyridine rings is 2. The summed E-state index contributed by atoms with van der Waals surface area (Å²) in [7, 11) is 0. The van der Waals surface area contributed by atoms with Gasteiger partial charge in [0.2, 0.25) is 5.91 Å². The molecule has 2 aliphatic rings. The van der Waals surface area contributed by atoms with E-state index < -0.39 is 0 Å². The number of hydrogen-bond acceptors (Lipinski definition) is 6. The summed E-state index contributed by atoms with van der Waals surface area (Å²) in [6, 6.07) is 18.0. The Hall–Kier alpha value is -5.57. The van der Waals surface area contributed by atoms with E-state index in [-0.39, 0.29) is 11.8 Å². The van der Waals surface area contributed by atoms with Crippen molar-refractivity contribution in [3.63, 3.8) is 0 Å². The van der Waals surface area contributed by atoms with Crippen LogP contribution in [-0.2, 0) is 30.8 Å². The van der Waals surface area contributed by atoms with Crippen molar-refractivity contribution < 1.29 is 9.59 Å². The zero-order chi connectivity index (χ0) is 32.7. The average molecular weight is 624 g/mol. The van der Waals surface area contributed by atoms with E-state index in [0.717, 1.165) is 86.7 Å². The monoisotopic (exact) mass is 623 g/mol. The lowest BCUT2D eigenvalue weighted by Gasteiger charge is -2.28. The summed E-state index contributed by atoms with van der Waals surface area (Å²) in [6.07, 6.45) is 6.42. The minimum atomic E-state index is -0.233. The highest BCUT2D eigenvalue weighted by Crippen LogP contribution is 2.34. The van der Waals surface area contributed by atoms with Crippen LogP contribution in [0.2, 0.25) is 0 Å². The van der Waals surface area contributed by atoms with Crippen molar-refractivity contribution in [2.75, 3.05) is 13.1 Å². The first-order valence-corrected chi connectivity index (χ1v) is 16.0. The second kappa shape index (κ2) is 12.3. The number of fused-ring (bicyclic) bond motifs is 3. The van der Waals surface area contributed by atoms with Crippen LogP contribution in [0.1, 0.15) is 59.5 Å². The predicted octanol–water partition coefficient (Wildman–Crippen LogP) is 5.99. The van der Waals surface area contributed by atoms with E-state index in [2.05, 4.69) is 64.9 Å². The molecule has 2 amide bonds. The van der Waals surface area contributed by atoms with Crippen molar-refractivity contribution in [3.8, 4) is 22.5 Å². The van der Waals surface area contributed by atoms with Crippen LogP contribution in [0.4, 0.5) is 0 Å². The van der Waals surface area contributed by atoms with Gasteiger partial charge in [-0.05, 0) is 47.2 Å². The Morgan fingerprint density at radius 1 is 1.02 bits per heavy atom. The third kappa shape index (κ3) is 5.58. The topological polar surface area (TPSA) is 105 Å². The molecule has 0 atom stereocenters. The van der Waals surface area contributed by atoms with Gasteiger partial charge in [-0.15, -0.1) is 0 Å². The maximum absolute atomic E-state index is 12.9. The maximum atomic E-state index is 12.9. The molecule has 2 aliphatic heterocycles. The molecule has 7 rings (SSSR count). The average Bonchev–Trinajstić information content (AvgIpc) is 3.67. The van der Waals surface area contributed by atoms with Crippen LogP contribution < -0.4 is 10.6 Å². The molecule has 5 aromatic rings. The fourth-order valence-electron chi connectivity index (χ4n) is 6.63. The zero-order valence-corrected chi connectivity index (χ0v) is 26.9. The van der Waals surface area contributed by atoms with Gasteiger partial charge in [-0.2, -0.15) is 0 Å². The number of imidazole rings is 1. The zero-order valence-electron chi connectivity index (χ0n) is 26.9. The number of aromatic nitrogens is 4. The number of amides is 2. The van der Waals surface area contributed by atoms with Crippen molar-refractivity contribution in [2.45, 2.75) is 46.8 Å². The van der Waals surface area contributed by atoms with Crippen LogP contribution in [0.3, 0.4) is 0 Å². The summed E-state index contributed by atoms with van der Waals surface area (Å²) in [5.41, 5.74) is 10.5. The molecule has 0 saturated heterocycles. The molecule has 47 heavy (non-hydrogen) atoms. The molecular formula is C38H37N7O2. The number of allylic oxidation sites excluding steroid dienone is 1. The number of carbonyl (C=O) groups excluding carboxylic acids is 2. The fourth-order valence-corrected chi connectivity index (χ4v) is 6.63. The lowest BCUT2D eigenvalue weighted by Crippen LogP contribution is -2.37. The van der Waals surface area contributed by atoms with Crippen LogP contribution in [0.15, 0.2) is 79.6 Å². The van der Waals surface area contributed by atoms with Crippen LogP contribution in [0.25, 0.3) is 44.6 Å². The van der Waals surface area contributed by atoms with Crippen LogP contribution in [0.5, 0.6) is 0 Å². The second-order valence-electron chi connectivity index (χ2n) is 12.1. The molecule has 2 N–H and O–H groups in total. The summed E-state index contributed by atoms with van der Waals surface area (Å²) in [6.45, 7) is 13.0. The molecule has 0 radical (unpaired) electrons. The van der Waals surface area contributed by atoms with E-state index in [1.807, 2.05) is 41.4 Å². The normalized spacial score (nSPS) is 14.1. The molecule has 9 nitrogen and oxygen atoms in total. The molecule has 9 heteroatoms. The van der Waals surface area contributed by atoms with Crippen molar-refractivity contribution in [1.82, 2.24) is 35.1 Å². The highest BCUT2D eigenvalue weighted by atomic mass is 16.2. The van der Waals surface area contributed by atoms with Crippen molar-refractivity contribution in [3.05, 3.63) is 114 Å². The third-order valence-electron chi connectivity index (χ3n) is 9.23. The SMILES string of the molecule is C=C1NCc2c1cccc2/C(C)=C/CNC(=O)c1ccc(-c2cc3cccc(-c4nc(CC)n5c4CN(C(C)=O)CC5)c3cn2)cn1. The summed E-state index contributed by atoms with van der Waals surface area (Å²) in [4.78, 5) is 41.2. The van der Waals surface area contributed by atoms with Crippen LogP contribution in [0, 0.1) is 0 Å². The van der Waals surface area contributed by atoms with E-state index >= 15 is 0 Å². The molecule has 2 aromatic carbocycles. The van der Waals surface area contributed by atoms with Crippen molar-refractivity contribution in [1.29, 1.82) is 0 Å². The summed E-state index contributed by atoms with van der Waals surface area (Å²) < 4.78 is 2.26. The van der Waals surface area contributed by atoms with Gasteiger partial charge in [0.1, 0.15) is 11.5 Å². The molecule has 3 aromatic heterocycles. The molecule has 0 aliphatic carbocycles. The van der Waals surface area contributed by atoms with Gasteiger partial charge in [0.05, 0.1) is 23.6 Å². The quantitative estimate of drug-likeness (QED) is 0.231. The minimum absolute atomic E-state index is 0.0745. The number of nitrogens with zero attached hydrogens (tertiary/aromatic N) is 5. The molecule has 0 saturated carbocycles. The van der Waals surface area contributed by atoms with E-state index in [1.165, 1.54) is 5.56 Å². The Kier molecular flexibility index (Phi) is 7.89. The fraction of sp³-hybridized carbons (Fsp3) is 0.237. The first-order valence-electron chi connectivity index (χ1n) is 16.0. The van der Waals surface area contributed by atoms with Gasteiger partial charge >= 0.3 is 0 Å². The van der Waals surface area contributed by atoms with Crippen molar-refractivity contribution >= 4 is 33.9 Å². The van der Waals surface area contributed by atoms with E-state index in [1.54, 1.807) is 19.2 Å². The van der Waals surface area contributed by atoms with Crippen LogP contribution in [-0.4, -0.2) is 49.3 Å². The van der Waals surface area contributed by atoms with Gasteiger partial charge in [-0.3, -0.25) is 19.6 Å². The Balaban J connectivity index is 1.08. The minimum Gasteiger partial charge on any atom is -0.381 e. The molecule has 0 fully saturated rings. The number of nitrogens with one attached hydrogen (secondary N) is 2. The number of rotatable bonds is 7. The molecular weight excluding hydrogens is 586 g/mol. The van der Waals surface area contributed by atoms with Gasteiger partial charge in [-0.25, -0.2) is 4.98 Å². The van der Waals surface area contributed by atoms with Crippen LogP contribution >= 0.6 is 0 Å². The molecule has 236 valence electrons. The van der Waals surface area contributed by atoms with E-state index in [9.17, 15) is 9.59 Å². The lowest BCUT2D eigenvalue weighted by molar-refractivity contribution is -0.130. The summed E-state index contributed by atoms with van der Waals surface area (Å²) >= 11 is 0. The van der Waals surface area contributed by atoms with Crippen molar-refractivity contribution in [2.24, 2.45) is 0 Å².